The van der Waals surface area contributed by atoms with Crippen molar-refractivity contribution in [3.8, 4) is 0 Å². The standard InChI is InChI=1S/C23H40O4/c1-5-6-12-23(3,4)20(27-22-9-7-8-13-25-22)11-10-17-16(2)14-19-18(17)15-21(24)26-19/h10-11,16-22,24H,5-9,12-15H2,1-4H3/t16?,17-,18+,19-,20+,21-,22?/m1/s1. The molecule has 0 bridgehead atoms. The molecule has 0 spiro atoms. The van der Waals surface area contributed by atoms with Crippen molar-refractivity contribution in [2.45, 2.75) is 104 Å². The first-order valence-electron chi connectivity index (χ1n) is 11.2. The number of unbranched alkanes of at least 4 members (excludes halogenated alkanes) is 1. The Hall–Kier alpha value is -0.420. The van der Waals surface area contributed by atoms with Crippen molar-refractivity contribution in [3.63, 3.8) is 0 Å². The molecule has 0 radical (unpaired) electrons. The van der Waals surface area contributed by atoms with Crippen LogP contribution in [0.1, 0.15) is 79.1 Å². The summed E-state index contributed by atoms with van der Waals surface area (Å²) in [4.78, 5) is 0. The van der Waals surface area contributed by atoms with Crippen LogP contribution in [0.3, 0.4) is 0 Å². The van der Waals surface area contributed by atoms with Gasteiger partial charge < -0.3 is 19.3 Å². The Balaban J connectivity index is 1.70. The molecule has 0 aromatic rings. The van der Waals surface area contributed by atoms with Crippen molar-refractivity contribution in [1.29, 1.82) is 0 Å². The van der Waals surface area contributed by atoms with Gasteiger partial charge in [0.2, 0.25) is 0 Å². The van der Waals surface area contributed by atoms with Crippen molar-refractivity contribution in [2.24, 2.45) is 23.2 Å². The Morgan fingerprint density at radius 2 is 2.07 bits per heavy atom. The SMILES string of the molecule is CCCCC(C)(C)[C@H](C=C[C@@H]1C(C)C[C@H]2O[C@@H](O)C[C@@H]12)OC1CCCCO1. The topological polar surface area (TPSA) is 47.9 Å². The first-order chi connectivity index (χ1) is 12.9. The molecule has 4 nitrogen and oxygen atoms in total. The van der Waals surface area contributed by atoms with Crippen LogP contribution in [0.4, 0.5) is 0 Å². The number of ether oxygens (including phenoxy) is 3. The fourth-order valence-electron chi connectivity index (χ4n) is 5.13. The second-order valence-electron chi connectivity index (χ2n) is 9.65. The number of hydrogen-bond acceptors (Lipinski definition) is 4. The molecule has 2 unspecified atom stereocenters. The van der Waals surface area contributed by atoms with Gasteiger partial charge in [-0.2, -0.15) is 0 Å². The number of allylic oxidation sites excluding steroid dienone is 1. The van der Waals surface area contributed by atoms with E-state index < -0.39 is 6.29 Å². The smallest absolute Gasteiger partial charge is 0.158 e. The van der Waals surface area contributed by atoms with Gasteiger partial charge >= 0.3 is 0 Å². The molecular formula is C23H40O4. The number of rotatable bonds is 8. The Bertz CT molecular complexity index is 483. The second-order valence-corrected chi connectivity index (χ2v) is 9.65. The highest BCUT2D eigenvalue weighted by Gasteiger charge is 2.46. The normalized spacial score (nSPS) is 38.4. The molecule has 1 N–H and O–H groups in total. The van der Waals surface area contributed by atoms with Gasteiger partial charge in [-0.3, -0.25) is 0 Å². The van der Waals surface area contributed by atoms with Crippen LogP contribution in [0.2, 0.25) is 0 Å². The molecule has 1 saturated carbocycles. The maximum atomic E-state index is 9.87. The summed E-state index contributed by atoms with van der Waals surface area (Å²) < 4.78 is 18.1. The summed E-state index contributed by atoms with van der Waals surface area (Å²) >= 11 is 0. The van der Waals surface area contributed by atoms with Gasteiger partial charge in [0.25, 0.3) is 0 Å². The highest BCUT2D eigenvalue weighted by Crippen LogP contribution is 2.47. The third kappa shape index (κ3) is 5.35. The number of fused-ring (bicyclic) bond motifs is 1. The summed E-state index contributed by atoms with van der Waals surface area (Å²) in [6.45, 7) is 10.0. The fourth-order valence-corrected chi connectivity index (χ4v) is 5.13. The molecule has 3 aliphatic rings. The number of aliphatic hydroxyl groups excluding tert-OH is 1. The average molecular weight is 381 g/mol. The van der Waals surface area contributed by atoms with E-state index >= 15 is 0 Å². The van der Waals surface area contributed by atoms with E-state index in [-0.39, 0.29) is 23.9 Å². The summed E-state index contributed by atoms with van der Waals surface area (Å²) in [5, 5.41) is 9.87. The predicted octanol–water partition coefficient (Wildman–Crippen LogP) is 5.05. The summed E-state index contributed by atoms with van der Waals surface area (Å²) in [6, 6.07) is 0. The van der Waals surface area contributed by atoms with Crippen LogP contribution in [0.5, 0.6) is 0 Å². The number of aliphatic hydroxyl groups is 1. The Kier molecular flexibility index (Phi) is 7.40. The summed E-state index contributed by atoms with van der Waals surface area (Å²) in [5.74, 6) is 1.50. The van der Waals surface area contributed by atoms with E-state index in [1.807, 2.05) is 0 Å². The van der Waals surface area contributed by atoms with E-state index in [0.29, 0.717) is 17.8 Å². The van der Waals surface area contributed by atoms with E-state index in [9.17, 15) is 5.11 Å². The van der Waals surface area contributed by atoms with Crippen LogP contribution in [0.25, 0.3) is 0 Å². The Morgan fingerprint density at radius 3 is 2.78 bits per heavy atom. The Morgan fingerprint density at radius 1 is 1.26 bits per heavy atom. The molecule has 3 fully saturated rings. The second kappa shape index (κ2) is 9.39. The van der Waals surface area contributed by atoms with Crippen molar-refractivity contribution >= 4 is 0 Å². The molecule has 0 aromatic heterocycles. The van der Waals surface area contributed by atoms with Crippen LogP contribution in [-0.4, -0.2) is 36.5 Å². The van der Waals surface area contributed by atoms with Gasteiger partial charge in [0.1, 0.15) is 0 Å². The molecule has 1 aliphatic carbocycles. The van der Waals surface area contributed by atoms with Gasteiger partial charge in [0.05, 0.1) is 12.2 Å². The maximum Gasteiger partial charge on any atom is 0.158 e. The lowest BCUT2D eigenvalue weighted by Crippen LogP contribution is -2.36. The minimum absolute atomic E-state index is 0.0608. The van der Waals surface area contributed by atoms with Gasteiger partial charge in [0.15, 0.2) is 12.6 Å². The van der Waals surface area contributed by atoms with Crippen LogP contribution in [0, 0.1) is 23.2 Å². The largest absolute Gasteiger partial charge is 0.368 e. The molecule has 4 heteroatoms. The lowest BCUT2D eigenvalue weighted by Gasteiger charge is -2.36. The van der Waals surface area contributed by atoms with E-state index in [4.69, 9.17) is 14.2 Å². The maximum absolute atomic E-state index is 9.87. The first kappa shape index (κ1) is 21.3. The summed E-state index contributed by atoms with van der Waals surface area (Å²) in [5.41, 5.74) is 0.0836. The van der Waals surface area contributed by atoms with Crippen LogP contribution < -0.4 is 0 Å². The van der Waals surface area contributed by atoms with Crippen molar-refractivity contribution in [1.82, 2.24) is 0 Å². The van der Waals surface area contributed by atoms with E-state index in [1.54, 1.807) is 0 Å². The fraction of sp³-hybridized carbons (Fsp3) is 0.913. The molecule has 156 valence electrons. The lowest BCUT2D eigenvalue weighted by molar-refractivity contribution is -0.197. The summed E-state index contributed by atoms with van der Waals surface area (Å²) in [7, 11) is 0. The van der Waals surface area contributed by atoms with Crippen LogP contribution in [-0.2, 0) is 14.2 Å². The third-order valence-corrected chi connectivity index (χ3v) is 6.93. The lowest BCUT2D eigenvalue weighted by atomic mass is 9.80. The van der Waals surface area contributed by atoms with Gasteiger partial charge in [-0.25, -0.2) is 0 Å². The highest BCUT2D eigenvalue weighted by atomic mass is 16.7. The molecule has 2 aliphatic heterocycles. The van der Waals surface area contributed by atoms with Crippen molar-refractivity contribution in [2.75, 3.05) is 6.61 Å². The molecule has 7 atom stereocenters. The highest BCUT2D eigenvalue weighted by molar-refractivity contribution is 5.07. The molecular weight excluding hydrogens is 340 g/mol. The zero-order valence-electron chi connectivity index (χ0n) is 17.7. The third-order valence-electron chi connectivity index (χ3n) is 6.93. The van der Waals surface area contributed by atoms with Gasteiger partial charge in [-0.1, -0.05) is 52.7 Å². The van der Waals surface area contributed by atoms with Crippen molar-refractivity contribution in [3.05, 3.63) is 12.2 Å². The number of hydrogen-bond donors (Lipinski definition) is 1. The molecule has 0 aromatic carbocycles. The minimum atomic E-state index is -0.577. The zero-order chi connectivity index (χ0) is 19.4. The predicted molar refractivity (Wildman–Crippen MR) is 107 cm³/mol. The van der Waals surface area contributed by atoms with E-state index in [1.165, 1.54) is 19.3 Å². The molecule has 2 heterocycles. The minimum Gasteiger partial charge on any atom is -0.368 e. The monoisotopic (exact) mass is 380 g/mol. The first-order valence-corrected chi connectivity index (χ1v) is 11.2. The van der Waals surface area contributed by atoms with Gasteiger partial charge in [-0.05, 0) is 55.3 Å². The van der Waals surface area contributed by atoms with Crippen molar-refractivity contribution < 1.29 is 19.3 Å². The average Bonchev–Trinajstić information content (AvgIpc) is 3.12. The zero-order valence-corrected chi connectivity index (χ0v) is 17.7. The molecule has 2 saturated heterocycles. The summed E-state index contributed by atoms with van der Waals surface area (Å²) in [6.07, 6.45) is 13.0. The van der Waals surface area contributed by atoms with Gasteiger partial charge in [-0.15, -0.1) is 0 Å². The molecule has 3 rings (SSSR count). The Labute approximate surface area is 165 Å². The van der Waals surface area contributed by atoms with E-state index in [2.05, 4.69) is 39.8 Å². The van der Waals surface area contributed by atoms with Crippen LogP contribution in [0.15, 0.2) is 12.2 Å². The van der Waals surface area contributed by atoms with E-state index in [0.717, 1.165) is 38.7 Å². The van der Waals surface area contributed by atoms with Crippen LogP contribution >= 0.6 is 0 Å². The van der Waals surface area contributed by atoms with Gasteiger partial charge in [0, 0.05) is 13.0 Å². The quantitative estimate of drug-likeness (QED) is 0.599. The molecule has 27 heavy (non-hydrogen) atoms. The molecule has 0 amide bonds.